The molecule has 0 fully saturated rings. The highest BCUT2D eigenvalue weighted by atomic mass is 32.1. The molecule has 5 nitrogen and oxygen atoms in total. The number of thiophene rings is 2. The van der Waals surface area contributed by atoms with E-state index in [2.05, 4.69) is 15.5 Å². The molecule has 0 saturated carbocycles. The summed E-state index contributed by atoms with van der Waals surface area (Å²) in [6, 6.07) is 5.79. The normalized spacial score (nSPS) is 10.8. The van der Waals surface area contributed by atoms with Crippen LogP contribution in [0.25, 0.3) is 10.7 Å². The molecule has 0 radical (unpaired) electrons. The Morgan fingerprint density at radius 2 is 2.17 bits per heavy atom. The Hall–Kier alpha value is -1.99. The van der Waals surface area contributed by atoms with Crippen molar-refractivity contribution in [2.24, 2.45) is 0 Å². The van der Waals surface area contributed by atoms with Crippen LogP contribution in [-0.4, -0.2) is 22.6 Å². The number of hydrogen-bond donors (Lipinski definition) is 1. The Morgan fingerprint density at radius 1 is 1.22 bits per heavy atom. The predicted molar refractivity (Wildman–Crippen MR) is 91.8 cm³/mol. The van der Waals surface area contributed by atoms with E-state index in [0.717, 1.165) is 36.1 Å². The van der Waals surface area contributed by atoms with Gasteiger partial charge in [-0.3, -0.25) is 4.79 Å². The molecule has 3 heterocycles. The van der Waals surface area contributed by atoms with Gasteiger partial charge in [-0.1, -0.05) is 17.6 Å². The number of amides is 1. The lowest BCUT2D eigenvalue weighted by atomic mass is 10.2. The van der Waals surface area contributed by atoms with Crippen molar-refractivity contribution in [3.05, 3.63) is 45.8 Å². The first kappa shape index (κ1) is 15.9. The van der Waals surface area contributed by atoms with E-state index in [1.54, 1.807) is 11.3 Å². The second kappa shape index (κ2) is 8.03. The van der Waals surface area contributed by atoms with Gasteiger partial charge in [0.15, 0.2) is 0 Å². The third kappa shape index (κ3) is 4.49. The standard InChI is InChI=1S/C16H17N3O2S2/c20-16(12-7-10-22-11-12)17-8-3-1-2-6-14-18-15(19-21-14)13-5-4-9-23-13/h4-5,7,9-11H,1-3,6,8H2,(H,17,20). The van der Waals surface area contributed by atoms with Gasteiger partial charge in [0, 0.05) is 23.9 Å². The molecule has 0 spiro atoms. The average molecular weight is 347 g/mol. The molecule has 0 aliphatic rings. The molecule has 7 heteroatoms. The van der Waals surface area contributed by atoms with E-state index in [9.17, 15) is 4.79 Å². The van der Waals surface area contributed by atoms with Crippen LogP contribution in [0.2, 0.25) is 0 Å². The molecule has 1 N–H and O–H groups in total. The van der Waals surface area contributed by atoms with Crippen LogP contribution in [-0.2, 0) is 6.42 Å². The summed E-state index contributed by atoms with van der Waals surface area (Å²) in [5.41, 5.74) is 0.738. The lowest BCUT2D eigenvalue weighted by Gasteiger charge is -2.03. The quantitative estimate of drug-likeness (QED) is 0.625. The van der Waals surface area contributed by atoms with Gasteiger partial charge in [0.25, 0.3) is 5.91 Å². The van der Waals surface area contributed by atoms with Gasteiger partial charge in [0.05, 0.1) is 4.88 Å². The van der Waals surface area contributed by atoms with E-state index in [4.69, 9.17) is 4.52 Å². The molecule has 120 valence electrons. The van der Waals surface area contributed by atoms with E-state index in [1.165, 1.54) is 11.3 Å². The van der Waals surface area contributed by atoms with Crippen LogP contribution >= 0.6 is 22.7 Å². The van der Waals surface area contributed by atoms with Crippen LogP contribution in [0.15, 0.2) is 38.9 Å². The van der Waals surface area contributed by atoms with Gasteiger partial charge in [0.2, 0.25) is 11.7 Å². The van der Waals surface area contributed by atoms with Gasteiger partial charge in [0.1, 0.15) is 0 Å². The predicted octanol–water partition coefficient (Wildman–Crippen LogP) is 4.00. The summed E-state index contributed by atoms with van der Waals surface area (Å²) in [5.74, 6) is 1.34. The number of aryl methyl sites for hydroxylation is 1. The summed E-state index contributed by atoms with van der Waals surface area (Å²) in [6.07, 6.45) is 3.71. The zero-order valence-electron chi connectivity index (χ0n) is 12.5. The molecule has 1 amide bonds. The Labute approximate surface area is 142 Å². The molecule has 0 unspecified atom stereocenters. The highest BCUT2D eigenvalue weighted by Crippen LogP contribution is 2.21. The molecular formula is C16H17N3O2S2. The molecule has 0 saturated heterocycles. The SMILES string of the molecule is O=C(NCCCCCc1nc(-c2cccs2)no1)c1ccsc1. The average Bonchev–Trinajstić information content (AvgIpc) is 3.32. The molecule has 0 aliphatic heterocycles. The third-order valence-electron chi connectivity index (χ3n) is 3.35. The van der Waals surface area contributed by atoms with E-state index in [1.807, 2.05) is 34.3 Å². The molecule has 0 bridgehead atoms. The zero-order valence-corrected chi connectivity index (χ0v) is 14.2. The molecule has 0 aliphatic carbocycles. The summed E-state index contributed by atoms with van der Waals surface area (Å²) < 4.78 is 5.26. The molecule has 23 heavy (non-hydrogen) atoms. The molecule has 3 aromatic heterocycles. The maximum absolute atomic E-state index is 11.7. The largest absolute Gasteiger partial charge is 0.352 e. The minimum Gasteiger partial charge on any atom is -0.352 e. The lowest BCUT2D eigenvalue weighted by Crippen LogP contribution is -2.23. The number of hydrogen-bond acceptors (Lipinski definition) is 6. The van der Waals surface area contributed by atoms with Gasteiger partial charge in [-0.2, -0.15) is 16.3 Å². The monoisotopic (exact) mass is 347 g/mol. The number of nitrogens with one attached hydrogen (secondary N) is 1. The first-order chi connectivity index (χ1) is 11.3. The van der Waals surface area contributed by atoms with Gasteiger partial charge in [-0.15, -0.1) is 11.3 Å². The van der Waals surface area contributed by atoms with Gasteiger partial charge in [-0.05, 0) is 35.7 Å². The van der Waals surface area contributed by atoms with Gasteiger partial charge < -0.3 is 9.84 Å². The van der Waals surface area contributed by atoms with E-state index in [-0.39, 0.29) is 5.91 Å². The van der Waals surface area contributed by atoms with Crippen molar-refractivity contribution in [1.29, 1.82) is 0 Å². The van der Waals surface area contributed by atoms with Gasteiger partial charge in [-0.25, -0.2) is 0 Å². The van der Waals surface area contributed by atoms with E-state index < -0.39 is 0 Å². The Balaban J connectivity index is 1.32. The van der Waals surface area contributed by atoms with Crippen molar-refractivity contribution in [3.8, 4) is 10.7 Å². The summed E-state index contributed by atoms with van der Waals surface area (Å²) >= 11 is 3.13. The minimum atomic E-state index is 0.00346. The summed E-state index contributed by atoms with van der Waals surface area (Å²) in [7, 11) is 0. The smallest absolute Gasteiger partial charge is 0.252 e. The number of carbonyl (C=O) groups excluding carboxylic acids is 1. The molecule has 3 aromatic rings. The highest BCUT2D eigenvalue weighted by Gasteiger charge is 2.09. The number of carbonyl (C=O) groups is 1. The second-order valence-electron chi connectivity index (χ2n) is 5.07. The molecule has 3 rings (SSSR count). The minimum absolute atomic E-state index is 0.00346. The fraction of sp³-hybridized carbons (Fsp3) is 0.312. The third-order valence-corrected chi connectivity index (χ3v) is 4.90. The van der Waals surface area contributed by atoms with Crippen LogP contribution in [0.3, 0.4) is 0 Å². The first-order valence-electron chi connectivity index (χ1n) is 7.50. The first-order valence-corrected chi connectivity index (χ1v) is 9.32. The fourth-order valence-electron chi connectivity index (χ4n) is 2.14. The van der Waals surface area contributed by atoms with Crippen LogP contribution in [0.5, 0.6) is 0 Å². The Kier molecular flexibility index (Phi) is 5.55. The molecular weight excluding hydrogens is 330 g/mol. The number of aromatic nitrogens is 2. The highest BCUT2D eigenvalue weighted by molar-refractivity contribution is 7.13. The summed E-state index contributed by atoms with van der Waals surface area (Å²) in [5, 5.41) is 12.7. The number of rotatable bonds is 8. The topological polar surface area (TPSA) is 68.0 Å². The Bertz CT molecular complexity index is 720. The second-order valence-corrected chi connectivity index (χ2v) is 6.80. The van der Waals surface area contributed by atoms with Crippen LogP contribution in [0.4, 0.5) is 0 Å². The van der Waals surface area contributed by atoms with Crippen molar-refractivity contribution in [3.63, 3.8) is 0 Å². The van der Waals surface area contributed by atoms with Crippen LogP contribution < -0.4 is 5.32 Å². The maximum Gasteiger partial charge on any atom is 0.252 e. The van der Waals surface area contributed by atoms with Crippen molar-refractivity contribution in [2.45, 2.75) is 25.7 Å². The van der Waals surface area contributed by atoms with E-state index in [0.29, 0.717) is 18.3 Å². The maximum atomic E-state index is 11.7. The van der Waals surface area contributed by atoms with Crippen molar-refractivity contribution in [1.82, 2.24) is 15.5 Å². The molecule has 0 aromatic carbocycles. The summed E-state index contributed by atoms with van der Waals surface area (Å²) in [4.78, 5) is 17.2. The number of nitrogens with zero attached hydrogens (tertiary/aromatic N) is 2. The fourth-order valence-corrected chi connectivity index (χ4v) is 3.42. The summed E-state index contributed by atoms with van der Waals surface area (Å²) in [6.45, 7) is 0.693. The van der Waals surface area contributed by atoms with Crippen molar-refractivity contribution in [2.75, 3.05) is 6.54 Å². The Morgan fingerprint density at radius 3 is 2.96 bits per heavy atom. The lowest BCUT2D eigenvalue weighted by molar-refractivity contribution is 0.0953. The van der Waals surface area contributed by atoms with E-state index >= 15 is 0 Å². The molecule has 0 atom stereocenters. The van der Waals surface area contributed by atoms with Crippen LogP contribution in [0.1, 0.15) is 35.5 Å². The van der Waals surface area contributed by atoms with Gasteiger partial charge >= 0.3 is 0 Å². The van der Waals surface area contributed by atoms with Crippen molar-refractivity contribution < 1.29 is 9.32 Å². The van der Waals surface area contributed by atoms with Crippen LogP contribution in [0, 0.1) is 0 Å². The van der Waals surface area contributed by atoms with Crippen molar-refractivity contribution >= 4 is 28.6 Å². The zero-order chi connectivity index (χ0) is 15.9. The number of unbranched alkanes of at least 4 members (excludes halogenated alkanes) is 2.